The summed E-state index contributed by atoms with van der Waals surface area (Å²) in [6.07, 6.45) is 2.11. The molecule has 33 heavy (non-hydrogen) atoms. The highest BCUT2D eigenvalue weighted by atomic mass is 32.2. The molecule has 0 radical (unpaired) electrons. The average molecular weight is 485 g/mol. The number of rotatable bonds is 8. The Morgan fingerprint density at radius 1 is 1.12 bits per heavy atom. The van der Waals surface area contributed by atoms with E-state index >= 15 is 0 Å². The van der Waals surface area contributed by atoms with Crippen molar-refractivity contribution in [1.29, 1.82) is 0 Å². The van der Waals surface area contributed by atoms with Gasteiger partial charge < -0.3 is 5.32 Å². The number of hydrogen-bond acceptors (Lipinski definition) is 7. The molecule has 12 heteroatoms. The second-order valence-corrected chi connectivity index (χ2v) is 9.61. The molecule has 0 aliphatic heterocycles. The predicted molar refractivity (Wildman–Crippen MR) is 124 cm³/mol. The Labute approximate surface area is 193 Å². The fraction of sp³-hybridized carbons (Fsp3) is 0.143. The number of aromatic amines is 1. The molecular weight excluding hydrogens is 464 g/mol. The first-order valence-corrected chi connectivity index (χ1v) is 12.4. The molecule has 2 aromatic heterocycles. The monoisotopic (exact) mass is 484 g/mol. The van der Waals surface area contributed by atoms with Crippen LogP contribution in [-0.2, 0) is 21.2 Å². The molecule has 0 saturated heterocycles. The van der Waals surface area contributed by atoms with E-state index in [1.54, 1.807) is 18.3 Å². The summed E-state index contributed by atoms with van der Waals surface area (Å²) in [4.78, 5) is 31.7. The molecule has 0 atom stereocenters. The van der Waals surface area contributed by atoms with E-state index in [1.165, 1.54) is 16.6 Å². The number of nitrogens with zero attached hydrogens (tertiary/aromatic N) is 3. The van der Waals surface area contributed by atoms with E-state index in [9.17, 15) is 18.0 Å². The maximum absolute atomic E-state index is 12.3. The lowest BCUT2D eigenvalue weighted by Crippen LogP contribution is -2.27. The van der Waals surface area contributed by atoms with Crippen molar-refractivity contribution in [3.05, 3.63) is 76.8 Å². The molecule has 1 amide bonds. The van der Waals surface area contributed by atoms with Gasteiger partial charge in [0.25, 0.3) is 0 Å². The molecule has 0 bridgehead atoms. The summed E-state index contributed by atoms with van der Waals surface area (Å²) in [5.74, 6) is -0.154. The maximum atomic E-state index is 12.3. The quantitative estimate of drug-likeness (QED) is 0.318. The van der Waals surface area contributed by atoms with E-state index in [2.05, 4.69) is 20.4 Å². The number of benzene rings is 2. The number of aromatic nitrogens is 4. The highest BCUT2D eigenvalue weighted by Crippen LogP contribution is 2.23. The van der Waals surface area contributed by atoms with E-state index in [4.69, 9.17) is 5.14 Å². The van der Waals surface area contributed by atoms with E-state index in [1.807, 2.05) is 30.3 Å². The van der Waals surface area contributed by atoms with Gasteiger partial charge in [0.2, 0.25) is 15.9 Å². The Morgan fingerprint density at radius 3 is 2.55 bits per heavy atom. The maximum Gasteiger partial charge on any atom is 0.350 e. The number of nitrogens with two attached hydrogens (primary N) is 1. The van der Waals surface area contributed by atoms with E-state index in [0.29, 0.717) is 23.8 Å². The van der Waals surface area contributed by atoms with Crippen molar-refractivity contribution < 1.29 is 13.2 Å². The van der Waals surface area contributed by atoms with E-state index < -0.39 is 15.7 Å². The molecular formula is C21H20N6O4S2. The summed E-state index contributed by atoms with van der Waals surface area (Å²) in [6.45, 7) is 0.373. The average Bonchev–Trinajstić information content (AvgIpc) is 3.23. The SMILES string of the molecule is NS(=O)(=O)c1ccc(CCNC(=O)CSc2nc3c(-c4ccccc4)cnn3c(=O)[nH]2)cc1. The molecule has 2 aromatic carbocycles. The number of fused-ring (bicyclic) bond motifs is 1. The first-order valence-electron chi connectivity index (χ1n) is 9.86. The molecule has 0 spiro atoms. The summed E-state index contributed by atoms with van der Waals surface area (Å²) in [5, 5.41) is 12.3. The molecule has 10 nitrogen and oxygen atoms in total. The molecule has 2 heterocycles. The second kappa shape index (κ2) is 9.57. The minimum absolute atomic E-state index is 0.0405. The predicted octanol–water partition coefficient (Wildman–Crippen LogP) is 1.18. The fourth-order valence-corrected chi connectivity index (χ4v) is 4.33. The van der Waals surface area contributed by atoms with Crippen LogP contribution in [-0.4, -0.2) is 46.2 Å². The minimum Gasteiger partial charge on any atom is -0.355 e. The number of carbonyl (C=O) groups excluding carboxylic acids is 1. The van der Waals surface area contributed by atoms with Gasteiger partial charge in [-0.3, -0.25) is 9.78 Å². The molecule has 0 unspecified atom stereocenters. The highest BCUT2D eigenvalue weighted by Gasteiger charge is 2.13. The van der Waals surface area contributed by atoms with Crippen molar-refractivity contribution in [1.82, 2.24) is 24.9 Å². The largest absolute Gasteiger partial charge is 0.355 e. The summed E-state index contributed by atoms with van der Waals surface area (Å²) in [7, 11) is -3.73. The molecule has 170 valence electrons. The van der Waals surface area contributed by atoms with Gasteiger partial charge in [0.05, 0.1) is 16.8 Å². The summed E-state index contributed by atoms with van der Waals surface area (Å²) in [5.41, 5.74) is 2.45. The Kier molecular flexibility index (Phi) is 6.58. The fourth-order valence-electron chi connectivity index (χ4n) is 3.13. The van der Waals surface area contributed by atoms with E-state index in [0.717, 1.165) is 28.5 Å². The molecule has 4 N–H and O–H groups in total. The van der Waals surface area contributed by atoms with Gasteiger partial charge in [-0.1, -0.05) is 54.2 Å². The molecule has 4 aromatic rings. The zero-order valence-corrected chi connectivity index (χ0v) is 18.9. The Hall–Kier alpha value is -3.48. The van der Waals surface area contributed by atoms with Gasteiger partial charge in [-0.05, 0) is 29.7 Å². The van der Waals surface area contributed by atoms with Crippen LogP contribution in [0.5, 0.6) is 0 Å². The lowest BCUT2D eigenvalue weighted by molar-refractivity contribution is -0.118. The first kappa shape index (κ1) is 22.7. The second-order valence-electron chi connectivity index (χ2n) is 7.08. The third-order valence-corrected chi connectivity index (χ3v) is 6.57. The number of hydrogen-bond donors (Lipinski definition) is 3. The van der Waals surface area contributed by atoms with Crippen molar-refractivity contribution in [2.24, 2.45) is 5.14 Å². The van der Waals surface area contributed by atoms with Gasteiger partial charge >= 0.3 is 5.69 Å². The number of H-pyrrole nitrogens is 1. The summed E-state index contributed by atoms with van der Waals surface area (Å²) < 4.78 is 23.8. The van der Waals surface area contributed by atoms with Crippen molar-refractivity contribution >= 4 is 33.3 Å². The van der Waals surface area contributed by atoms with Crippen molar-refractivity contribution in [3.8, 4) is 11.1 Å². The normalized spacial score (nSPS) is 11.5. The highest BCUT2D eigenvalue weighted by molar-refractivity contribution is 7.99. The van der Waals surface area contributed by atoms with Crippen LogP contribution in [0.3, 0.4) is 0 Å². The molecule has 0 saturated carbocycles. The number of sulfonamides is 1. The van der Waals surface area contributed by atoms with Crippen molar-refractivity contribution in [3.63, 3.8) is 0 Å². The number of primary sulfonamides is 1. The van der Waals surface area contributed by atoms with Crippen LogP contribution >= 0.6 is 11.8 Å². The summed E-state index contributed by atoms with van der Waals surface area (Å²) >= 11 is 1.12. The zero-order chi connectivity index (χ0) is 23.4. The van der Waals surface area contributed by atoms with Gasteiger partial charge in [-0.15, -0.1) is 0 Å². The topological polar surface area (TPSA) is 152 Å². The Balaban J connectivity index is 1.35. The van der Waals surface area contributed by atoms with Gasteiger partial charge in [0, 0.05) is 12.1 Å². The number of nitrogens with one attached hydrogen (secondary N) is 2. The van der Waals surface area contributed by atoms with Crippen LogP contribution in [0.25, 0.3) is 16.8 Å². The molecule has 0 aliphatic carbocycles. The van der Waals surface area contributed by atoms with Crippen LogP contribution in [0.2, 0.25) is 0 Å². The van der Waals surface area contributed by atoms with Crippen molar-refractivity contribution in [2.45, 2.75) is 16.5 Å². The minimum atomic E-state index is -3.73. The van der Waals surface area contributed by atoms with Crippen LogP contribution in [0.4, 0.5) is 0 Å². The number of carbonyl (C=O) groups is 1. The van der Waals surface area contributed by atoms with E-state index in [-0.39, 0.29) is 16.6 Å². The third kappa shape index (κ3) is 5.48. The number of thioether (sulfide) groups is 1. The molecule has 4 rings (SSSR count). The van der Waals surface area contributed by atoms with Crippen LogP contribution < -0.4 is 16.1 Å². The third-order valence-electron chi connectivity index (χ3n) is 4.77. The first-order chi connectivity index (χ1) is 15.8. The van der Waals surface area contributed by atoms with Crippen LogP contribution in [0, 0.1) is 0 Å². The van der Waals surface area contributed by atoms with Gasteiger partial charge in [0.1, 0.15) is 0 Å². The molecule has 0 aliphatic rings. The Bertz CT molecular complexity index is 1450. The van der Waals surface area contributed by atoms with Crippen LogP contribution in [0.1, 0.15) is 5.56 Å². The Morgan fingerprint density at radius 2 is 1.85 bits per heavy atom. The van der Waals surface area contributed by atoms with Crippen molar-refractivity contribution in [2.75, 3.05) is 12.3 Å². The van der Waals surface area contributed by atoms with Gasteiger partial charge in [-0.2, -0.15) is 9.61 Å². The molecule has 0 fully saturated rings. The van der Waals surface area contributed by atoms with Gasteiger partial charge in [-0.25, -0.2) is 23.3 Å². The zero-order valence-electron chi connectivity index (χ0n) is 17.3. The number of amides is 1. The van der Waals surface area contributed by atoms with Crippen LogP contribution in [0.15, 0.2) is 75.6 Å². The standard InChI is InChI=1S/C21H20N6O4S2/c22-33(30,31)16-8-6-14(7-9-16)10-11-23-18(28)13-32-20-25-19-17(15-4-2-1-3-5-15)12-24-27(19)21(29)26-20/h1-9,12H,10-11,13H2,(H,23,28)(H2,22,30,31)(H,25,26,29). The lowest BCUT2D eigenvalue weighted by Gasteiger charge is -2.06. The smallest absolute Gasteiger partial charge is 0.350 e. The summed E-state index contributed by atoms with van der Waals surface area (Å²) in [6, 6.07) is 15.7. The lowest BCUT2D eigenvalue weighted by atomic mass is 10.1. The van der Waals surface area contributed by atoms with Gasteiger partial charge in [0.15, 0.2) is 10.8 Å².